The Balaban J connectivity index is 2.06. The highest BCUT2D eigenvalue weighted by molar-refractivity contribution is 6.36. The quantitative estimate of drug-likeness (QED) is 0.851. The van der Waals surface area contributed by atoms with Crippen molar-refractivity contribution in [1.82, 2.24) is 0 Å². The molecular formula is C16H13Cl2NO2. The van der Waals surface area contributed by atoms with Gasteiger partial charge in [-0.15, -0.1) is 0 Å². The molecule has 0 aliphatic carbocycles. The molecule has 0 saturated carbocycles. The van der Waals surface area contributed by atoms with Crippen LogP contribution in [0.15, 0.2) is 36.4 Å². The van der Waals surface area contributed by atoms with E-state index in [1.807, 2.05) is 6.07 Å². The fourth-order valence-corrected chi connectivity index (χ4v) is 3.01. The Morgan fingerprint density at radius 1 is 1.19 bits per heavy atom. The maximum absolute atomic E-state index is 12.8. The Morgan fingerprint density at radius 2 is 2.00 bits per heavy atom. The summed E-state index contributed by atoms with van der Waals surface area (Å²) in [6, 6.07) is 10.1. The van der Waals surface area contributed by atoms with Crippen LogP contribution in [0.5, 0.6) is 5.75 Å². The second kappa shape index (κ2) is 5.58. The third kappa shape index (κ3) is 2.59. The van der Waals surface area contributed by atoms with Gasteiger partial charge in [-0.25, -0.2) is 0 Å². The number of carbonyl (C=O) groups is 1. The highest BCUT2D eigenvalue weighted by Crippen LogP contribution is 2.37. The molecule has 0 aromatic heterocycles. The molecule has 0 radical (unpaired) electrons. The number of para-hydroxylation sites is 1. The van der Waals surface area contributed by atoms with Crippen molar-refractivity contribution in [2.24, 2.45) is 0 Å². The minimum absolute atomic E-state index is 0.110. The van der Waals surface area contributed by atoms with Crippen molar-refractivity contribution in [2.75, 3.05) is 11.4 Å². The van der Waals surface area contributed by atoms with Gasteiger partial charge in [0.05, 0.1) is 16.3 Å². The fourth-order valence-electron chi connectivity index (χ4n) is 2.64. The third-order valence-electron chi connectivity index (χ3n) is 3.60. The van der Waals surface area contributed by atoms with Gasteiger partial charge in [0.15, 0.2) is 0 Å². The number of carbonyl (C=O) groups excluding carboxylic acids is 1. The third-order valence-corrected chi connectivity index (χ3v) is 4.16. The molecule has 21 heavy (non-hydrogen) atoms. The molecule has 0 fully saturated rings. The summed E-state index contributed by atoms with van der Waals surface area (Å²) >= 11 is 12.1. The first-order chi connectivity index (χ1) is 10.1. The minimum atomic E-state index is -0.245. The molecule has 5 heteroatoms. The zero-order valence-electron chi connectivity index (χ0n) is 11.1. The van der Waals surface area contributed by atoms with Crippen LogP contribution in [0.3, 0.4) is 0 Å². The van der Waals surface area contributed by atoms with E-state index in [2.05, 4.69) is 0 Å². The Hall–Kier alpha value is -1.71. The second-order valence-corrected chi connectivity index (χ2v) is 5.81. The van der Waals surface area contributed by atoms with Crippen LogP contribution >= 0.6 is 23.2 Å². The van der Waals surface area contributed by atoms with Gasteiger partial charge in [-0.05, 0) is 42.7 Å². The lowest BCUT2D eigenvalue weighted by atomic mass is 10.00. The summed E-state index contributed by atoms with van der Waals surface area (Å²) in [7, 11) is 0. The fraction of sp³-hybridized carbons (Fsp3) is 0.188. The number of aromatic hydroxyl groups is 1. The number of benzene rings is 2. The highest BCUT2D eigenvalue weighted by atomic mass is 35.5. The second-order valence-electron chi connectivity index (χ2n) is 4.97. The number of aryl methyl sites for hydroxylation is 1. The largest absolute Gasteiger partial charge is 0.506 e. The molecule has 108 valence electrons. The standard InChI is InChI=1S/C16H13Cl2NO2/c17-11-6-7-13(18)12(9-11)16(21)19-8-2-4-10-3-1-5-14(20)15(10)19/h1,3,5-7,9,20H,2,4,8H2. The van der Waals surface area contributed by atoms with Crippen molar-refractivity contribution >= 4 is 34.8 Å². The Labute approximate surface area is 132 Å². The van der Waals surface area contributed by atoms with E-state index in [1.54, 1.807) is 35.2 Å². The molecule has 3 nitrogen and oxygen atoms in total. The first-order valence-corrected chi connectivity index (χ1v) is 7.41. The molecule has 0 atom stereocenters. The van der Waals surface area contributed by atoms with Gasteiger partial charge in [-0.1, -0.05) is 35.3 Å². The number of nitrogens with zero attached hydrogens (tertiary/aromatic N) is 1. The number of hydrogen-bond acceptors (Lipinski definition) is 2. The van der Waals surface area contributed by atoms with E-state index in [1.165, 1.54) is 0 Å². The molecule has 0 unspecified atom stereocenters. The lowest BCUT2D eigenvalue weighted by molar-refractivity contribution is 0.0984. The summed E-state index contributed by atoms with van der Waals surface area (Å²) in [6.07, 6.45) is 1.69. The number of phenolic OH excluding ortho intramolecular Hbond substituents is 1. The first kappa shape index (κ1) is 14.2. The van der Waals surface area contributed by atoms with Gasteiger partial charge in [-0.3, -0.25) is 4.79 Å². The number of fused-ring (bicyclic) bond motifs is 1. The first-order valence-electron chi connectivity index (χ1n) is 6.65. The molecule has 1 aliphatic rings. The van der Waals surface area contributed by atoms with E-state index in [0.29, 0.717) is 27.8 Å². The zero-order chi connectivity index (χ0) is 15.0. The Kier molecular flexibility index (Phi) is 3.79. The average Bonchev–Trinajstić information content (AvgIpc) is 2.49. The van der Waals surface area contributed by atoms with Gasteiger partial charge in [0.25, 0.3) is 5.91 Å². The van der Waals surface area contributed by atoms with Gasteiger partial charge < -0.3 is 10.0 Å². The molecule has 2 aromatic rings. The normalized spacial score (nSPS) is 13.9. The van der Waals surface area contributed by atoms with E-state index in [9.17, 15) is 9.90 Å². The van der Waals surface area contributed by atoms with E-state index in [0.717, 1.165) is 18.4 Å². The van der Waals surface area contributed by atoms with Crippen LogP contribution in [0.2, 0.25) is 10.0 Å². The molecule has 0 bridgehead atoms. The van der Waals surface area contributed by atoms with Crippen LogP contribution in [0.1, 0.15) is 22.3 Å². The topological polar surface area (TPSA) is 40.5 Å². The van der Waals surface area contributed by atoms with Crippen molar-refractivity contribution in [3.8, 4) is 5.75 Å². The number of amides is 1. The van der Waals surface area contributed by atoms with Crippen LogP contribution < -0.4 is 4.90 Å². The SMILES string of the molecule is O=C(c1cc(Cl)ccc1Cl)N1CCCc2cccc(O)c21. The van der Waals surface area contributed by atoms with Crippen LogP contribution in [-0.2, 0) is 6.42 Å². The van der Waals surface area contributed by atoms with Gasteiger partial charge in [0.1, 0.15) is 5.75 Å². The average molecular weight is 322 g/mol. The molecule has 0 saturated heterocycles. The summed E-state index contributed by atoms with van der Waals surface area (Å²) in [4.78, 5) is 14.3. The van der Waals surface area contributed by atoms with Crippen LogP contribution in [0, 0.1) is 0 Å². The number of halogens is 2. The molecule has 1 heterocycles. The van der Waals surface area contributed by atoms with Crippen molar-refractivity contribution in [3.05, 3.63) is 57.6 Å². The molecule has 1 N–H and O–H groups in total. The maximum atomic E-state index is 12.8. The van der Waals surface area contributed by atoms with E-state index in [4.69, 9.17) is 23.2 Å². The van der Waals surface area contributed by atoms with E-state index in [-0.39, 0.29) is 11.7 Å². The molecule has 3 rings (SSSR count). The van der Waals surface area contributed by atoms with Crippen LogP contribution in [-0.4, -0.2) is 17.6 Å². The summed E-state index contributed by atoms with van der Waals surface area (Å²) in [5, 5.41) is 10.9. The number of phenols is 1. The van der Waals surface area contributed by atoms with Crippen molar-refractivity contribution in [1.29, 1.82) is 0 Å². The van der Waals surface area contributed by atoms with Crippen molar-refractivity contribution in [2.45, 2.75) is 12.8 Å². The monoisotopic (exact) mass is 321 g/mol. The minimum Gasteiger partial charge on any atom is -0.506 e. The molecular weight excluding hydrogens is 309 g/mol. The predicted octanol–water partition coefficient (Wildman–Crippen LogP) is 4.29. The van der Waals surface area contributed by atoms with Gasteiger partial charge in [0, 0.05) is 11.6 Å². The Bertz CT molecular complexity index is 715. The summed E-state index contributed by atoms with van der Waals surface area (Å²) in [6.45, 7) is 0.548. The smallest absolute Gasteiger partial charge is 0.259 e. The summed E-state index contributed by atoms with van der Waals surface area (Å²) < 4.78 is 0. The predicted molar refractivity (Wildman–Crippen MR) is 84.6 cm³/mol. The van der Waals surface area contributed by atoms with Crippen molar-refractivity contribution < 1.29 is 9.90 Å². The number of anilines is 1. The maximum Gasteiger partial charge on any atom is 0.259 e. The molecule has 2 aromatic carbocycles. The van der Waals surface area contributed by atoms with Gasteiger partial charge >= 0.3 is 0 Å². The lowest BCUT2D eigenvalue weighted by Crippen LogP contribution is -2.35. The lowest BCUT2D eigenvalue weighted by Gasteiger charge is -2.30. The van der Waals surface area contributed by atoms with Crippen LogP contribution in [0.4, 0.5) is 5.69 Å². The summed E-state index contributed by atoms with van der Waals surface area (Å²) in [5.74, 6) is -0.136. The Morgan fingerprint density at radius 3 is 2.81 bits per heavy atom. The van der Waals surface area contributed by atoms with Gasteiger partial charge in [-0.2, -0.15) is 0 Å². The number of rotatable bonds is 1. The van der Waals surface area contributed by atoms with E-state index >= 15 is 0 Å². The van der Waals surface area contributed by atoms with Crippen LogP contribution in [0.25, 0.3) is 0 Å². The highest BCUT2D eigenvalue weighted by Gasteiger charge is 2.27. The zero-order valence-corrected chi connectivity index (χ0v) is 12.7. The molecule has 0 spiro atoms. The van der Waals surface area contributed by atoms with Crippen molar-refractivity contribution in [3.63, 3.8) is 0 Å². The number of hydrogen-bond donors (Lipinski definition) is 1. The van der Waals surface area contributed by atoms with E-state index < -0.39 is 0 Å². The summed E-state index contributed by atoms with van der Waals surface area (Å²) in [5.41, 5.74) is 1.89. The molecule has 1 aliphatic heterocycles. The van der Waals surface area contributed by atoms with Gasteiger partial charge in [0.2, 0.25) is 0 Å². The molecule has 1 amide bonds.